The molecular weight excluding hydrogens is 326 g/mol. The molecule has 0 radical (unpaired) electrons. The summed E-state index contributed by atoms with van der Waals surface area (Å²) in [5.74, 6) is 3.33. The number of allylic oxidation sites excluding steroid dienone is 3. The number of nitrogens with zero attached hydrogens (tertiary/aromatic N) is 1. The molecule has 0 saturated heterocycles. The van der Waals surface area contributed by atoms with Crippen LogP contribution in [-0.4, -0.2) is 12.3 Å². The fourth-order valence-corrected chi connectivity index (χ4v) is 7.61. The lowest BCUT2D eigenvalue weighted by molar-refractivity contribution is -0.0408. The van der Waals surface area contributed by atoms with Gasteiger partial charge in [-0.2, -0.15) is 0 Å². The van der Waals surface area contributed by atoms with Gasteiger partial charge in [0.2, 0.25) is 0 Å². The Balaban J connectivity index is 1.89. The van der Waals surface area contributed by atoms with Crippen molar-refractivity contribution in [2.24, 2.45) is 39.5 Å². The van der Waals surface area contributed by atoms with Crippen LogP contribution in [0, 0.1) is 34.5 Å². The summed E-state index contributed by atoms with van der Waals surface area (Å²) in [7, 11) is 0. The molecule has 150 valence electrons. The number of hydrogen-bond acceptors (Lipinski definition) is 1. The van der Waals surface area contributed by atoms with E-state index in [-0.39, 0.29) is 0 Å². The Bertz CT molecular complexity index is 626. The molecule has 3 aliphatic rings. The third-order valence-corrected chi connectivity index (χ3v) is 8.80. The molecule has 6 atom stereocenters. The van der Waals surface area contributed by atoms with Crippen LogP contribution >= 0.6 is 0 Å². The molecule has 0 aromatic heterocycles. The van der Waals surface area contributed by atoms with Gasteiger partial charge in [-0.15, -0.1) is 6.58 Å². The van der Waals surface area contributed by atoms with Crippen molar-refractivity contribution in [3.8, 4) is 0 Å². The van der Waals surface area contributed by atoms with Gasteiger partial charge in [0.15, 0.2) is 0 Å². The molecule has 1 nitrogen and oxygen atoms in total. The van der Waals surface area contributed by atoms with Gasteiger partial charge in [-0.3, -0.25) is 4.99 Å². The van der Waals surface area contributed by atoms with E-state index in [1.165, 1.54) is 57.1 Å². The minimum absolute atomic E-state index is 0.386. The highest BCUT2D eigenvalue weighted by Crippen LogP contribution is 2.66. The van der Waals surface area contributed by atoms with Gasteiger partial charge in [0, 0.05) is 11.6 Å². The van der Waals surface area contributed by atoms with Gasteiger partial charge < -0.3 is 0 Å². The Morgan fingerprint density at radius 2 is 1.93 bits per heavy atom. The van der Waals surface area contributed by atoms with Crippen molar-refractivity contribution < 1.29 is 0 Å². The van der Waals surface area contributed by atoms with Gasteiger partial charge in [0.25, 0.3) is 0 Å². The fraction of sp³-hybridized carbons (Fsp3) is 0.731. The highest BCUT2D eigenvalue weighted by atomic mass is 14.8. The second-order valence-electron chi connectivity index (χ2n) is 9.96. The van der Waals surface area contributed by atoms with Crippen molar-refractivity contribution in [1.82, 2.24) is 0 Å². The van der Waals surface area contributed by atoms with Crippen molar-refractivity contribution in [1.29, 1.82) is 0 Å². The lowest BCUT2D eigenvalue weighted by Gasteiger charge is -2.57. The number of hydrogen-bond donors (Lipinski definition) is 0. The summed E-state index contributed by atoms with van der Waals surface area (Å²) in [5.41, 5.74) is 3.92. The van der Waals surface area contributed by atoms with Crippen LogP contribution in [0.2, 0.25) is 0 Å². The quantitative estimate of drug-likeness (QED) is 0.342. The largest absolute Gasteiger partial charge is 0.290 e. The van der Waals surface area contributed by atoms with Crippen LogP contribution in [0.5, 0.6) is 0 Å². The Morgan fingerprint density at radius 3 is 2.59 bits per heavy atom. The summed E-state index contributed by atoms with van der Waals surface area (Å²) in [4.78, 5) is 4.84. The topological polar surface area (TPSA) is 12.4 Å². The molecule has 6 unspecified atom stereocenters. The lowest BCUT2D eigenvalue weighted by Crippen LogP contribution is -2.50. The van der Waals surface area contributed by atoms with Crippen LogP contribution in [0.15, 0.2) is 42.0 Å². The minimum Gasteiger partial charge on any atom is -0.290 e. The van der Waals surface area contributed by atoms with Crippen LogP contribution in [0.25, 0.3) is 0 Å². The highest BCUT2D eigenvalue weighted by Gasteiger charge is 2.58. The van der Waals surface area contributed by atoms with E-state index in [0.717, 1.165) is 24.3 Å². The van der Waals surface area contributed by atoms with Crippen molar-refractivity contribution >= 4 is 5.71 Å². The molecule has 1 heteroatoms. The van der Waals surface area contributed by atoms with Crippen molar-refractivity contribution in [3.05, 3.63) is 37.0 Å². The number of fused-ring (bicyclic) bond motifs is 3. The molecule has 3 saturated carbocycles. The molecule has 0 aromatic carbocycles. The van der Waals surface area contributed by atoms with Gasteiger partial charge >= 0.3 is 0 Å². The molecular formula is C26H41N. The number of rotatable bonds is 6. The third kappa shape index (κ3) is 3.40. The second kappa shape index (κ2) is 8.10. The molecule has 3 aliphatic carbocycles. The highest BCUT2D eigenvalue weighted by molar-refractivity contribution is 5.85. The van der Waals surface area contributed by atoms with Crippen LogP contribution in [0.1, 0.15) is 79.1 Å². The van der Waals surface area contributed by atoms with Gasteiger partial charge in [0.1, 0.15) is 0 Å². The second-order valence-corrected chi connectivity index (χ2v) is 9.96. The van der Waals surface area contributed by atoms with Gasteiger partial charge in [-0.1, -0.05) is 57.6 Å². The van der Waals surface area contributed by atoms with Gasteiger partial charge in [-0.05, 0) is 80.5 Å². The van der Waals surface area contributed by atoms with E-state index in [0.29, 0.717) is 16.7 Å². The maximum Gasteiger partial charge on any atom is 0.0567 e. The molecule has 0 spiro atoms. The van der Waals surface area contributed by atoms with Crippen LogP contribution in [0.3, 0.4) is 0 Å². The molecule has 0 N–H and O–H groups in total. The Morgan fingerprint density at radius 1 is 1.15 bits per heavy atom. The summed E-state index contributed by atoms with van der Waals surface area (Å²) in [6.45, 7) is 18.4. The van der Waals surface area contributed by atoms with Crippen LogP contribution < -0.4 is 0 Å². The van der Waals surface area contributed by atoms with Crippen molar-refractivity contribution in [3.63, 3.8) is 0 Å². The van der Waals surface area contributed by atoms with E-state index >= 15 is 0 Å². The maximum atomic E-state index is 4.84. The van der Waals surface area contributed by atoms with E-state index in [9.17, 15) is 0 Å². The summed E-state index contributed by atoms with van der Waals surface area (Å²) in [6.07, 6.45) is 17.1. The Kier molecular flexibility index (Phi) is 6.18. The Labute approximate surface area is 168 Å². The minimum atomic E-state index is 0.386. The first kappa shape index (κ1) is 20.6. The summed E-state index contributed by atoms with van der Waals surface area (Å²) < 4.78 is 0. The third-order valence-electron chi connectivity index (χ3n) is 8.80. The zero-order valence-electron chi connectivity index (χ0n) is 18.3. The van der Waals surface area contributed by atoms with E-state index in [4.69, 9.17) is 4.99 Å². The first-order valence-corrected chi connectivity index (χ1v) is 11.4. The molecule has 0 bridgehead atoms. The molecule has 0 aromatic rings. The summed E-state index contributed by atoms with van der Waals surface area (Å²) in [5, 5.41) is 0. The maximum absolute atomic E-state index is 4.84. The first-order valence-electron chi connectivity index (χ1n) is 11.4. The molecule has 0 aliphatic heterocycles. The molecule has 3 rings (SSSR count). The monoisotopic (exact) mass is 367 g/mol. The van der Waals surface area contributed by atoms with Crippen LogP contribution in [0.4, 0.5) is 0 Å². The fourth-order valence-electron chi connectivity index (χ4n) is 7.61. The zero-order chi connectivity index (χ0) is 19.7. The van der Waals surface area contributed by atoms with Crippen molar-refractivity contribution in [2.75, 3.05) is 6.54 Å². The molecule has 3 fully saturated rings. The zero-order valence-corrected chi connectivity index (χ0v) is 18.3. The SMILES string of the molecule is C=C/C=C1/CCC2C(CCC3(C)C(C(C)=NCC=C)CCC23)C1(C)CCC. The molecule has 0 amide bonds. The summed E-state index contributed by atoms with van der Waals surface area (Å²) in [6, 6.07) is 0. The lowest BCUT2D eigenvalue weighted by atomic mass is 9.47. The average Bonchev–Trinajstić information content (AvgIpc) is 3.00. The average molecular weight is 368 g/mol. The van der Waals surface area contributed by atoms with E-state index in [1.54, 1.807) is 5.57 Å². The van der Waals surface area contributed by atoms with E-state index in [1.807, 2.05) is 12.2 Å². The Hall–Kier alpha value is -1.11. The molecule has 0 heterocycles. The normalized spacial score (nSPS) is 43.3. The smallest absolute Gasteiger partial charge is 0.0567 e. The van der Waals surface area contributed by atoms with Gasteiger partial charge in [-0.25, -0.2) is 0 Å². The predicted octanol–water partition coefficient (Wildman–Crippen LogP) is 7.40. The van der Waals surface area contributed by atoms with E-state index in [2.05, 4.69) is 46.9 Å². The van der Waals surface area contributed by atoms with Crippen molar-refractivity contribution in [2.45, 2.75) is 79.1 Å². The standard InChI is InChI=1S/C26H41N/c1-7-10-20-11-12-21-23-14-13-22(19(4)27-18-9-3)26(23,6)17-15-24(21)25(20,5)16-8-2/h7,9-10,21-24H,1,3,8,11-18H2,2,4-6H3/b20-10-,27-19?. The summed E-state index contributed by atoms with van der Waals surface area (Å²) >= 11 is 0. The number of aliphatic imine (C=N–C) groups is 1. The molecule has 27 heavy (non-hydrogen) atoms. The van der Waals surface area contributed by atoms with E-state index < -0.39 is 0 Å². The van der Waals surface area contributed by atoms with Crippen LogP contribution in [-0.2, 0) is 0 Å². The van der Waals surface area contributed by atoms with Gasteiger partial charge in [0.05, 0.1) is 6.54 Å². The predicted molar refractivity (Wildman–Crippen MR) is 119 cm³/mol. The first-order chi connectivity index (χ1) is 12.9.